The second-order valence-electron chi connectivity index (χ2n) is 4.94. The lowest BCUT2D eigenvalue weighted by Gasteiger charge is -2.22. The van der Waals surface area contributed by atoms with Gasteiger partial charge in [0.2, 0.25) is 0 Å². The van der Waals surface area contributed by atoms with Gasteiger partial charge in [0.1, 0.15) is 0 Å². The Bertz CT molecular complexity index is 318. The summed E-state index contributed by atoms with van der Waals surface area (Å²) in [6.07, 6.45) is 1.23. The maximum Gasteiger partial charge on any atom is 0.0699 e. The number of rotatable bonds is 6. The molecule has 17 heavy (non-hydrogen) atoms. The van der Waals surface area contributed by atoms with E-state index in [0.717, 1.165) is 6.42 Å². The monoisotopic (exact) mass is 235 g/mol. The maximum atomic E-state index is 5.37. The molecule has 1 aromatic carbocycles. The molecule has 1 rings (SSSR count). The van der Waals surface area contributed by atoms with E-state index in [9.17, 15) is 0 Å². The minimum absolute atomic E-state index is 0.227. The third kappa shape index (κ3) is 4.14. The number of hydrogen-bond acceptors (Lipinski definition) is 2. The highest BCUT2D eigenvalue weighted by atomic mass is 16.5. The Hall–Kier alpha value is -0.860. The van der Waals surface area contributed by atoms with E-state index in [4.69, 9.17) is 4.74 Å². The van der Waals surface area contributed by atoms with Crippen molar-refractivity contribution < 1.29 is 4.74 Å². The normalized spacial score (nSPS) is 14.9. The molecule has 1 N–H and O–H groups in total. The zero-order valence-corrected chi connectivity index (χ0v) is 11.7. The average molecular weight is 235 g/mol. The Labute approximate surface area is 105 Å². The number of likely N-dealkylation sites (N-methyl/N-ethyl adjacent to an activating group) is 1. The highest BCUT2D eigenvalue weighted by molar-refractivity contribution is 5.25. The van der Waals surface area contributed by atoms with Crippen LogP contribution in [0.4, 0.5) is 0 Å². The first kappa shape index (κ1) is 14.2. The minimum Gasteiger partial charge on any atom is -0.380 e. The summed E-state index contributed by atoms with van der Waals surface area (Å²) in [5.74, 6) is 0.599. The predicted molar refractivity (Wildman–Crippen MR) is 73.6 cm³/mol. The second kappa shape index (κ2) is 6.77. The molecular weight excluding hydrogens is 210 g/mol. The summed E-state index contributed by atoms with van der Waals surface area (Å²) < 4.78 is 5.37. The lowest BCUT2D eigenvalue weighted by Crippen LogP contribution is -2.38. The summed E-state index contributed by atoms with van der Waals surface area (Å²) in [5.41, 5.74) is 2.76. The third-order valence-corrected chi connectivity index (χ3v) is 3.41. The molecule has 0 saturated heterocycles. The summed E-state index contributed by atoms with van der Waals surface area (Å²) in [5, 5.41) is 3.31. The molecule has 0 saturated carbocycles. The predicted octanol–water partition coefficient (Wildman–Crippen LogP) is 2.98. The van der Waals surface area contributed by atoms with Crippen LogP contribution >= 0.6 is 0 Å². The zero-order valence-electron chi connectivity index (χ0n) is 11.7. The molecule has 0 radical (unpaired) electrons. The van der Waals surface area contributed by atoms with Crippen molar-refractivity contribution >= 4 is 0 Å². The highest BCUT2D eigenvalue weighted by Gasteiger charge is 2.15. The van der Waals surface area contributed by atoms with Gasteiger partial charge in [0.15, 0.2) is 0 Å². The second-order valence-corrected chi connectivity index (χ2v) is 4.94. The minimum atomic E-state index is 0.227. The van der Waals surface area contributed by atoms with E-state index in [-0.39, 0.29) is 6.10 Å². The van der Waals surface area contributed by atoms with Gasteiger partial charge >= 0.3 is 0 Å². The van der Waals surface area contributed by atoms with Crippen LogP contribution in [-0.2, 0) is 11.2 Å². The van der Waals surface area contributed by atoms with Crippen LogP contribution in [0.5, 0.6) is 0 Å². The highest BCUT2D eigenvalue weighted by Crippen LogP contribution is 2.16. The van der Waals surface area contributed by atoms with Crippen molar-refractivity contribution in [3.8, 4) is 0 Å². The number of methoxy groups -OCH3 is 1. The molecule has 0 aromatic heterocycles. The van der Waals surface area contributed by atoms with Gasteiger partial charge in [0, 0.05) is 13.2 Å². The van der Waals surface area contributed by atoms with Gasteiger partial charge in [-0.2, -0.15) is 0 Å². The summed E-state index contributed by atoms with van der Waals surface area (Å²) in [7, 11) is 3.75. The first-order chi connectivity index (χ1) is 8.08. The SMILES string of the molecule is CNC(Cc1ccc(C(C)C)cc1)C(C)OC. The van der Waals surface area contributed by atoms with Crippen molar-refractivity contribution in [1.29, 1.82) is 0 Å². The molecule has 1 aromatic rings. The van der Waals surface area contributed by atoms with E-state index < -0.39 is 0 Å². The van der Waals surface area contributed by atoms with Gasteiger partial charge in [0.05, 0.1) is 6.10 Å². The molecule has 96 valence electrons. The van der Waals surface area contributed by atoms with Crippen LogP contribution in [-0.4, -0.2) is 26.3 Å². The number of hydrogen-bond donors (Lipinski definition) is 1. The quantitative estimate of drug-likeness (QED) is 0.818. The molecule has 0 heterocycles. The Kier molecular flexibility index (Phi) is 5.66. The molecular formula is C15H25NO. The topological polar surface area (TPSA) is 21.3 Å². The van der Waals surface area contributed by atoms with Gasteiger partial charge in [-0.05, 0) is 37.4 Å². The van der Waals surface area contributed by atoms with Crippen LogP contribution in [0.2, 0.25) is 0 Å². The van der Waals surface area contributed by atoms with Gasteiger partial charge in [-0.3, -0.25) is 0 Å². The van der Waals surface area contributed by atoms with Crippen molar-refractivity contribution in [1.82, 2.24) is 5.32 Å². The van der Waals surface area contributed by atoms with Crippen LogP contribution in [0.1, 0.15) is 37.8 Å². The Balaban J connectivity index is 2.67. The van der Waals surface area contributed by atoms with E-state index in [2.05, 4.69) is 50.4 Å². The number of benzene rings is 1. The largest absolute Gasteiger partial charge is 0.380 e. The van der Waals surface area contributed by atoms with Crippen molar-refractivity contribution in [2.75, 3.05) is 14.2 Å². The maximum absolute atomic E-state index is 5.37. The van der Waals surface area contributed by atoms with Crippen LogP contribution in [0.15, 0.2) is 24.3 Å². The van der Waals surface area contributed by atoms with Crippen LogP contribution < -0.4 is 5.32 Å². The van der Waals surface area contributed by atoms with E-state index in [1.165, 1.54) is 11.1 Å². The summed E-state index contributed by atoms with van der Waals surface area (Å²) in [4.78, 5) is 0. The molecule has 0 fully saturated rings. The Morgan fingerprint density at radius 2 is 1.71 bits per heavy atom. The number of nitrogens with one attached hydrogen (secondary N) is 1. The van der Waals surface area contributed by atoms with Crippen molar-refractivity contribution in [3.63, 3.8) is 0 Å². The molecule has 0 aliphatic rings. The molecule has 0 amide bonds. The molecule has 0 spiro atoms. The van der Waals surface area contributed by atoms with Crippen molar-refractivity contribution in [2.45, 2.75) is 45.3 Å². The van der Waals surface area contributed by atoms with Crippen LogP contribution in [0.25, 0.3) is 0 Å². The smallest absolute Gasteiger partial charge is 0.0699 e. The first-order valence-electron chi connectivity index (χ1n) is 6.37. The van der Waals surface area contributed by atoms with E-state index in [0.29, 0.717) is 12.0 Å². The molecule has 2 heteroatoms. The van der Waals surface area contributed by atoms with E-state index >= 15 is 0 Å². The number of ether oxygens (including phenoxy) is 1. The lowest BCUT2D eigenvalue weighted by atomic mass is 9.97. The third-order valence-electron chi connectivity index (χ3n) is 3.41. The molecule has 2 unspecified atom stereocenters. The van der Waals surface area contributed by atoms with Crippen molar-refractivity contribution in [3.05, 3.63) is 35.4 Å². The fourth-order valence-electron chi connectivity index (χ4n) is 1.96. The fourth-order valence-corrected chi connectivity index (χ4v) is 1.96. The summed E-state index contributed by atoms with van der Waals surface area (Å²) in [6, 6.07) is 9.27. The van der Waals surface area contributed by atoms with Gasteiger partial charge in [0.25, 0.3) is 0 Å². The summed E-state index contributed by atoms with van der Waals surface area (Å²) in [6.45, 7) is 6.54. The van der Waals surface area contributed by atoms with E-state index in [1.807, 2.05) is 7.05 Å². The lowest BCUT2D eigenvalue weighted by molar-refractivity contribution is 0.0857. The van der Waals surface area contributed by atoms with Gasteiger partial charge < -0.3 is 10.1 Å². The van der Waals surface area contributed by atoms with Crippen LogP contribution in [0.3, 0.4) is 0 Å². The standard InChI is InChI=1S/C15H25NO/c1-11(2)14-8-6-13(7-9-14)10-15(16-4)12(3)17-5/h6-9,11-12,15-16H,10H2,1-5H3. The zero-order chi connectivity index (χ0) is 12.8. The first-order valence-corrected chi connectivity index (χ1v) is 6.37. The molecule has 2 atom stereocenters. The fraction of sp³-hybridized carbons (Fsp3) is 0.600. The molecule has 0 bridgehead atoms. The average Bonchev–Trinajstić information content (AvgIpc) is 2.35. The van der Waals surface area contributed by atoms with Crippen LogP contribution in [0, 0.1) is 0 Å². The molecule has 0 aliphatic heterocycles. The Morgan fingerprint density at radius 3 is 2.12 bits per heavy atom. The van der Waals surface area contributed by atoms with Gasteiger partial charge in [-0.25, -0.2) is 0 Å². The van der Waals surface area contributed by atoms with Gasteiger partial charge in [-0.15, -0.1) is 0 Å². The molecule has 0 aliphatic carbocycles. The van der Waals surface area contributed by atoms with Crippen molar-refractivity contribution in [2.24, 2.45) is 0 Å². The van der Waals surface area contributed by atoms with Gasteiger partial charge in [-0.1, -0.05) is 38.1 Å². The molecule has 2 nitrogen and oxygen atoms in total. The van der Waals surface area contributed by atoms with E-state index in [1.54, 1.807) is 7.11 Å². The summed E-state index contributed by atoms with van der Waals surface area (Å²) >= 11 is 0. The Morgan fingerprint density at radius 1 is 1.12 bits per heavy atom.